The maximum Gasteiger partial charge on any atom is 0.324 e. The lowest BCUT2D eigenvalue weighted by Crippen LogP contribution is -2.34. The molecule has 1 saturated heterocycles. The van der Waals surface area contributed by atoms with Crippen molar-refractivity contribution < 1.29 is 18.8 Å². The third kappa shape index (κ3) is 3.95. The molecule has 0 aromatic carbocycles. The van der Waals surface area contributed by atoms with Crippen molar-refractivity contribution in [3.05, 3.63) is 35.4 Å². The molecular formula is C22H26N6O4. The summed E-state index contributed by atoms with van der Waals surface area (Å²) in [6.07, 6.45) is 2.11. The molecule has 0 spiro atoms. The van der Waals surface area contributed by atoms with Gasteiger partial charge in [-0.3, -0.25) is 14.5 Å². The second-order valence-electron chi connectivity index (χ2n) is 8.12. The van der Waals surface area contributed by atoms with Gasteiger partial charge in [0.1, 0.15) is 11.5 Å². The Morgan fingerprint density at radius 1 is 1.28 bits per heavy atom. The average molecular weight is 438 g/mol. The maximum absolute atomic E-state index is 13.1. The van der Waals surface area contributed by atoms with E-state index in [0.717, 1.165) is 22.0 Å². The molecule has 3 aromatic rings. The van der Waals surface area contributed by atoms with Crippen LogP contribution in [0.25, 0.3) is 22.3 Å². The summed E-state index contributed by atoms with van der Waals surface area (Å²) in [5.74, 6) is 0.971. The molecule has 2 N–H and O–H groups in total. The lowest BCUT2D eigenvalue weighted by Gasteiger charge is -2.13. The summed E-state index contributed by atoms with van der Waals surface area (Å²) >= 11 is 0. The number of hydrogen-bond acceptors (Lipinski definition) is 6. The molecule has 168 valence electrons. The number of pyridine rings is 1. The van der Waals surface area contributed by atoms with E-state index in [-0.39, 0.29) is 30.9 Å². The molecule has 1 aliphatic rings. The van der Waals surface area contributed by atoms with Gasteiger partial charge in [-0.15, -0.1) is 0 Å². The predicted octanol–water partition coefficient (Wildman–Crippen LogP) is 2.56. The number of aromatic nitrogens is 3. The molecule has 0 radical (unpaired) electrons. The molecule has 4 heterocycles. The Morgan fingerprint density at radius 2 is 2.06 bits per heavy atom. The van der Waals surface area contributed by atoms with Gasteiger partial charge < -0.3 is 15.1 Å². The van der Waals surface area contributed by atoms with E-state index >= 15 is 0 Å². The van der Waals surface area contributed by atoms with Crippen molar-refractivity contribution in [2.45, 2.75) is 40.2 Å². The Balaban J connectivity index is 1.59. The molecule has 4 amide bonds. The van der Waals surface area contributed by atoms with Gasteiger partial charge >= 0.3 is 6.03 Å². The monoisotopic (exact) mass is 438 g/mol. The molecule has 3 aromatic heterocycles. The van der Waals surface area contributed by atoms with Crippen molar-refractivity contribution in [3.8, 4) is 11.3 Å². The summed E-state index contributed by atoms with van der Waals surface area (Å²) in [5.41, 5.74) is 2.55. The Morgan fingerprint density at radius 3 is 2.69 bits per heavy atom. The summed E-state index contributed by atoms with van der Waals surface area (Å²) in [7, 11) is 0. The maximum atomic E-state index is 13.1. The van der Waals surface area contributed by atoms with E-state index in [0.29, 0.717) is 35.3 Å². The normalized spacial score (nSPS) is 14.0. The van der Waals surface area contributed by atoms with E-state index < -0.39 is 6.03 Å². The van der Waals surface area contributed by atoms with Gasteiger partial charge in [-0.05, 0) is 46.2 Å². The van der Waals surface area contributed by atoms with Crippen LogP contribution >= 0.6 is 0 Å². The zero-order valence-electron chi connectivity index (χ0n) is 18.6. The number of carbonyl (C=O) groups is 3. The first-order valence-corrected chi connectivity index (χ1v) is 10.6. The average Bonchev–Trinajstić information content (AvgIpc) is 3.41. The van der Waals surface area contributed by atoms with E-state index in [2.05, 4.69) is 15.7 Å². The minimum Gasteiger partial charge on any atom is -0.466 e. The van der Waals surface area contributed by atoms with Gasteiger partial charge in [0.15, 0.2) is 5.65 Å². The van der Waals surface area contributed by atoms with Gasteiger partial charge in [0, 0.05) is 24.7 Å². The smallest absolute Gasteiger partial charge is 0.324 e. The minimum atomic E-state index is -0.395. The zero-order chi connectivity index (χ0) is 23.0. The van der Waals surface area contributed by atoms with Gasteiger partial charge in [0.05, 0.1) is 29.4 Å². The highest BCUT2D eigenvalue weighted by molar-refractivity contribution is 6.06. The predicted molar refractivity (Wildman–Crippen MR) is 117 cm³/mol. The van der Waals surface area contributed by atoms with Crippen LogP contribution < -0.4 is 10.6 Å². The van der Waals surface area contributed by atoms with Crippen molar-refractivity contribution in [1.29, 1.82) is 0 Å². The number of aryl methyl sites for hydroxylation is 2. The highest BCUT2D eigenvalue weighted by atomic mass is 16.3. The van der Waals surface area contributed by atoms with Crippen molar-refractivity contribution in [2.75, 3.05) is 19.6 Å². The third-order valence-electron chi connectivity index (χ3n) is 5.40. The minimum absolute atomic E-state index is 0.0235. The molecule has 0 aliphatic carbocycles. The summed E-state index contributed by atoms with van der Waals surface area (Å²) < 4.78 is 7.45. The fraction of sp³-hybridized carbons (Fsp3) is 0.409. The molecular weight excluding hydrogens is 412 g/mol. The number of nitrogens with zero attached hydrogens (tertiary/aromatic N) is 4. The van der Waals surface area contributed by atoms with E-state index in [1.165, 1.54) is 0 Å². The molecule has 32 heavy (non-hydrogen) atoms. The molecule has 1 fully saturated rings. The topological polar surface area (TPSA) is 122 Å². The van der Waals surface area contributed by atoms with Crippen LogP contribution in [0.15, 0.2) is 22.7 Å². The van der Waals surface area contributed by atoms with E-state index in [1.807, 2.05) is 33.8 Å². The number of amides is 4. The molecule has 4 rings (SSSR count). The summed E-state index contributed by atoms with van der Waals surface area (Å²) in [4.78, 5) is 42.3. The Kier molecular flexibility index (Phi) is 5.68. The molecule has 10 heteroatoms. The van der Waals surface area contributed by atoms with Crippen LogP contribution in [0.4, 0.5) is 4.79 Å². The second-order valence-corrected chi connectivity index (χ2v) is 8.12. The van der Waals surface area contributed by atoms with Crippen LogP contribution in [0, 0.1) is 13.8 Å². The molecule has 1 aliphatic heterocycles. The van der Waals surface area contributed by atoms with Crippen LogP contribution in [0.5, 0.6) is 0 Å². The van der Waals surface area contributed by atoms with Crippen LogP contribution in [0.2, 0.25) is 0 Å². The Bertz CT molecular complexity index is 1190. The number of hydrogen-bond donors (Lipinski definition) is 2. The number of carbonyl (C=O) groups excluding carboxylic acids is 3. The molecule has 0 unspecified atom stereocenters. The number of fused-ring (bicyclic) bond motifs is 1. The number of furan rings is 1. The lowest BCUT2D eigenvalue weighted by molar-refractivity contribution is -0.125. The zero-order valence-corrected chi connectivity index (χ0v) is 18.6. The standard InChI is InChI=1S/C22H26N6O4/c1-12(2)28-20-17(10-25-28)16(9-18(26-20)15-8-13(3)32-14(15)4)21(30)23-6-5-7-27-19(29)11-24-22(27)31/h8-10,12H,5-7,11H2,1-4H3,(H,23,30)(H,24,31). The van der Waals surface area contributed by atoms with E-state index in [4.69, 9.17) is 9.40 Å². The highest BCUT2D eigenvalue weighted by Crippen LogP contribution is 2.30. The van der Waals surface area contributed by atoms with Crippen molar-refractivity contribution in [1.82, 2.24) is 30.3 Å². The lowest BCUT2D eigenvalue weighted by atomic mass is 10.1. The van der Waals surface area contributed by atoms with Gasteiger partial charge in [-0.1, -0.05) is 0 Å². The van der Waals surface area contributed by atoms with Gasteiger partial charge in [0.2, 0.25) is 5.91 Å². The van der Waals surface area contributed by atoms with Crippen LogP contribution in [-0.2, 0) is 4.79 Å². The van der Waals surface area contributed by atoms with Gasteiger partial charge in [-0.25, -0.2) is 14.5 Å². The Labute approximate surface area is 185 Å². The number of imide groups is 1. The van der Waals surface area contributed by atoms with Crippen LogP contribution in [0.3, 0.4) is 0 Å². The number of rotatable bonds is 7. The molecule has 0 atom stereocenters. The molecule has 0 bridgehead atoms. The van der Waals surface area contributed by atoms with Crippen molar-refractivity contribution in [2.24, 2.45) is 0 Å². The second kappa shape index (κ2) is 8.45. The fourth-order valence-corrected chi connectivity index (χ4v) is 3.82. The first-order valence-electron chi connectivity index (χ1n) is 10.6. The van der Waals surface area contributed by atoms with Crippen molar-refractivity contribution in [3.63, 3.8) is 0 Å². The molecule has 10 nitrogen and oxygen atoms in total. The van der Waals surface area contributed by atoms with Crippen molar-refractivity contribution >= 4 is 28.9 Å². The summed E-state index contributed by atoms with van der Waals surface area (Å²) in [6.45, 7) is 8.33. The van der Waals surface area contributed by atoms with Gasteiger partial charge in [0.25, 0.3) is 5.91 Å². The fourth-order valence-electron chi connectivity index (χ4n) is 3.82. The summed E-state index contributed by atoms with van der Waals surface area (Å²) in [5, 5.41) is 10.5. The highest BCUT2D eigenvalue weighted by Gasteiger charge is 2.27. The molecule has 0 saturated carbocycles. The quantitative estimate of drug-likeness (QED) is 0.432. The van der Waals surface area contributed by atoms with Crippen LogP contribution in [0.1, 0.15) is 48.2 Å². The van der Waals surface area contributed by atoms with E-state index in [1.54, 1.807) is 16.9 Å². The summed E-state index contributed by atoms with van der Waals surface area (Å²) in [6, 6.07) is 3.33. The van der Waals surface area contributed by atoms with Crippen LogP contribution in [-0.4, -0.2) is 57.1 Å². The largest absolute Gasteiger partial charge is 0.466 e. The SMILES string of the molecule is Cc1cc(-c2cc(C(=O)NCCCN3C(=O)CNC3=O)c3cnn(C(C)C)c3n2)c(C)o1. The number of nitrogens with one attached hydrogen (secondary N) is 2. The number of urea groups is 1. The van der Waals surface area contributed by atoms with E-state index in [9.17, 15) is 14.4 Å². The third-order valence-corrected chi connectivity index (χ3v) is 5.40. The first kappa shape index (κ1) is 21.5. The van der Waals surface area contributed by atoms with Gasteiger partial charge in [-0.2, -0.15) is 5.10 Å². The Hall–Kier alpha value is -3.69. The first-order chi connectivity index (χ1) is 15.3.